The third-order valence-electron chi connectivity index (χ3n) is 7.87. The Morgan fingerprint density at radius 2 is 1.59 bits per heavy atom. The van der Waals surface area contributed by atoms with Crippen LogP contribution in [0.4, 0.5) is 16.2 Å². The summed E-state index contributed by atoms with van der Waals surface area (Å²) in [6.45, 7) is 5.93. The lowest BCUT2D eigenvalue weighted by atomic mass is 9.98. The number of pyridine rings is 1. The molecule has 2 aromatic heterocycles. The molecule has 0 radical (unpaired) electrons. The highest BCUT2D eigenvalue weighted by molar-refractivity contribution is 6.39. The van der Waals surface area contributed by atoms with E-state index in [1.165, 1.54) is 36.3 Å². The van der Waals surface area contributed by atoms with Gasteiger partial charge in [-0.1, -0.05) is 72.1 Å². The van der Waals surface area contributed by atoms with Crippen LogP contribution in [0.15, 0.2) is 71.8 Å². The number of nitrogens with one attached hydrogen (secondary N) is 3. The van der Waals surface area contributed by atoms with Gasteiger partial charge in [-0.25, -0.2) is 9.48 Å². The molecule has 0 saturated carbocycles. The van der Waals surface area contributed by atoms with Crippen molar-refractivity contribution in [1.82, 2.24) is 25.0 Å². The maximum absolute atomic E-state index is 13.0. The number of benzene rings is 2. The predicted octanol–water partition coefficient (Wildman–Crippen LogP) is 6.48. The molecule has 46 heavy (non-hydrogen) atoms. The fraction of sp³-hybridized carbons (Fsp3) is 0.324. The Morgan fingerprint density at radius 3 is 2.33 bits per heavy atom. The molecule has 0 spiro atoms. The van der Waals surface area contributed by atoms with Gasteiger partial charge in [-0.2, -0.15) is 5.10 Å². The molecule has 0 bridgehead atoms. The van der Waals surface area contributed by atoms with E-state index >= 15 is 0 Å². The van der Waals surface area contributed by atoms with Crippen LogP contribution in [0.1, 0.15) is 38.2 Å². The number of likely N-dealkylation sites (tertiary alicyclic amines) is 1. The van der Waals surface area contributed by atoms with E-state index < -0.39 is 11.6 Å². The van der Waals surface area contributed by atoms with Crippen LogP contribution in [0, 0.1) is 0 Å². The molecule has 3 heterocycles. The van der Waals surface area contributed by atoms with Crippen molar-refractivity contribution in [2.24, 2.45) is 0 Å². The van der Waals surface area contributed by atoms with E-state index in [1.54, 1.807) is 13.0 Å². The van der Waals surface area contributed by atoms with Crippen LogP contribution in [0.5, 0.6) is 0 Å². The molecule has 1 fully saturated rings. The zero-order valence-electron chi connectivity index (χ0n) is 25.7. The highest BCUT2D eigenvalue weighted by atomic mass is 35.5. The van der Waals surface area contributed by atoms with Gasteiger partial charge in [0, 0.05) is 44.0 Å². The minimum absolute atomic E-state index is 0.0484. The zero-order valence-corrected chi connectivity index (χ0v) is 27.2. The third-order valence-corrected chi connectivity index (χ3v) is 8.45. The number of hydrogen-bond acceptors (Lipinski definition) is 6. The van der Waals surface area contributed by atoms with E-state index in [9.17, 15) is 14.4 Å². The van der Waals surface area contributed by atoms with Crippen molar-refractivity contribution in [3.63, 3.8) is 0 Å². The van der Waals surface area contributed by atoms with Crippen LogP contribution >= 0.6 is 23.2 Å². The summed E-state index contributed by atoms with van der Waals surface area (Å²) >= 11 is 12.3. The number of anilines is 2. The summed E-state index contributed by atoms with van der Waals surface area (Å²) in [5.41, 5.74) is 4.08. The Bertz CT molecular complexity index is 1730. The summed E-state index contributed by atoms with van der Waals surface area (Å²) in [6, 6.07) is 16.8. The molecule has 3 N–H and O–H groups in total. The fourth-order valence-electron chi connectivity index (χ4n) is 5.43. The lowest BCUT2D eigenvalue weighted by molar-refractivity contribution is -0.121. The Hall–Kier alpha value is -4.25. The first-order chi connectivity index (χ1) is 22.3. The molecule has 10 nitrogen and oxygen atoms in total. The van der Waals surface area contributed by atoms with E-state index in [-0.39, 0.29) is 27.3 Å². The normalized spacial score (nSPS) is 13.3. The number of aromatic nitrogens is 3. The van der Waals surface area contributed by atoms with E-state index in [0.717, 1.165) is 41.9 Å². The maximum Gasteiger partial charge on any atom is 0.323 e. The fourth-order valence-corrected chi connectivity index (χ4v) is 5.89. The minimum atomic E-state index is -0.687. The SMILES string of the molecule is CCn1nc(-c2cccc(-c3cccc(CCC(=O)NCCN4CCCCC4)c3)c2)cc(NC(=O)Nc2c(Cl)cncc2Cl)c1=O. The smallest absolute Gasteiger partial charge is 0.323 e. The van der Waals surface area contributed by atoms with Crippen molar-refractivity contribution in [3.8, 4) is 22.4 Å². The number of urea groups is 1. The first-order valence-electron chi connectivity index (χ1n) is 15.5. The van der Waals surface area contributed by atoms with Crippen LogP contribution in [-0.4, -0.2) is 57.8 Å². The van der Waals surface area contributed by atoms with Gasteiger partial charge in [-0.3, -0.25) is 14.6 Å². The van der Waals surface area contributed by atoms with Crippen LogP contribution in [0.3, 0.4) is 0 Å². The number of aryl methyl sites for hydroxylation is 2. The van der Waals surface area contributed by atoms with E-state index in [1.807, 2.05) is 42.5 Å². The Labute approximate surface area is 278 Å². The molecule has 240 valence electrons. The maximum atomic E-state index is 13.0. The highest BCUT2D eigenvalue weighted by Crippen LogP contribution is 2.29. The first-order valence-corrected chi connectivity index (χ1v) is 16.2. The lowest BCUT2D eigenvalue weighted by Gasteiger charge is -2.26. The van der Waals surface area contributed by atoms with Crippen molar-refractivity contribution >= 4 is 46.5 Å². The Morgan fingerprint density at radius 1 is 0.891 bits per heavy atom. The molecule has 3 amide bonds. The van der Waals surface area contributed by atoms with Gasteiger partial charge < -0.3 is 20.9 Å². The van der Waals surface area contributed by atoms with Gasteiger partial charge in [0.1, 0.15) is 5.69 Å². The number of carbonyl (C=O) groups excluding carboxylic acids is 2. The first kappa shape index (κ1) is 33.1. The molecule has 1 saturated heterocycles. The van der Waals surface area contributed by atoms with Crippen molar-refractivity contribution < 1.29 is 9.59 Å². The number of piperidine rings is 1. The third kappa shape index (κ3) is 8.72. The topological polar surface area (TPSA) is 121 Å². The summed E-state index contributed by atoms with van der Waals surface area (Å²) in [5.74, 6) is 0.0617. The molecule has 5 rings (SSSR count). The standard InChI is InChI=1S/C34H37Cl2N7O3/c1-2-43-33(45)30(39-34(46)40-32-27(35)21-37-22-28(32)36)20-29(41-43)26-11-7-10-25(19-26)24-9-6-8-23(18-24)12-13-31(44)38-14-17-42-15-4-3-5-16-42/h6-11,18-22H,2-5,12-17H2,1H3,(H,38,44)(H2,37,39,40,46). The molecule has 12 heteroatoms. The Kier molecular flexibility index (Phi) is 11.4. The molecule has 4 aromatic rings. The van der Waals surface area contributed by atoms with Crippen molar-refractivity contribution in [2.45, 2.75) is 45.6 Å². The van der Waals surface area contributed by atoms with Gasteiger partial charge in [0.15, 0.2) is 0 Å². The summed E-state index contributed by atoms with van der Waals surface area (Å²) < 4.78 is 1.29. The van der Waals surface area contributed by atoms with Gasteiger partial charge in [-0.05, 0) is 68.1 Å². The molecule has 2 aromatic carbocycles. The molecular weight excluding hydrogens is 625 g/mol. The highest BCUT2D eigenvalue weighted by Gasteiger charge is 2.16. The Balaban J connectivity index is 1.27. The van der Waals surface area contributed by atoms with E-state index in [0.29, 0.717) is 31.6 Å². The van der Waals surface area contributed by atoms with Gasteiger partial charge in [0.25, 0.3) is 5.56 Å². The summed E-state index contributed by atoms with van der Waals surface area (Å²) in [4.78, 5) is 44.6. The number of carbonyl (C=O) groups is 2. The predicted molar refractivity (Wildman–Crippen MR) is 184 cm³/mol. The minimum Gasteiger partial charge on any atom is -0.355 e. The largest absolute Gasteiger partial charge is 0.355 e. The quantitative estimate of drug-likeness (QED) is 0.169. The van der Waals surface area contributed by atoms with Crippen LogP contribution in [0.2, 0.25) is 10.0 Å². The second kappa shape index (κ2) is 15.8. The number of halogens is 2. The summed E-state index contributed by atoms with van der Waals surface area (Å²) in [5, 5.41) is 13.1. The van der Waals surface area contributed by atoms with Crippen LogP contribution in [-0.2, 0) is 17.8 Å². The lowest BCUT2D eigenvalue weighted by Crippen LogP contribution is -2.37. The molecular formula is C34H37Cl2N7O3. The molecule has 0 aliphatic carbocycles. The van der Waals surface area contributed by atoms with Gasteiger partial charge in [-0.15, -0.1) is 0 Å². The van der Waals surface area contributed by atoms with Crippen LogP contribution in [0.25, 0.3) is 22.4 Å². The number of amides is 3. The second-order valence-corrected chi connectivity index (χ2v) is 12.0. The number of rotatable bonds is 11. The van der Waals surface area contributed by atoms with Gasteiger partial charge in [0.2, 0.25) is 5.91 Å². The zero-order chi connectivity index (χ0) is 32.5. The molecule has 0 atom stereocenters. The van der Waals surface area contributed by atoms with E-state index in [4.69, 9.17) is 23.2 Å². The average Bonchev–Trinajstić information content (AvgIpc) is 3.07. The average molecular weight is 663 g/mol. The molecule has 1 aliphatic rings. The van der Waals surface area contributed by atoms with Crippen molar-refractivity contribution in [2.75, 3.05) is 36.8 Å². The second-order valence-electron chi connectivity index (χ2n) is 11.2. The molecule has 0 unspecified atom stereocenters. The summed E-state index contributed by atoms with van der Waals surface area (Å²) in [7, 11) is 0. The number of nitrogens with zero attached hydrogens (tertiary/aromatic N) is 4. The van der Waals surface area contributed by atoms with Gasteiger partial charge in [0.05, 0.1) is 21.4 Å². The summed E-state index contributed by atoms with van der Waals surface area (Å²) in [6.07, 6.45) is 7.56. The number of hydrogen-bond donors (Lipinski definition) is 3. The van der Waals surface area contributed by atoms with Crippen molar-refractivity contribution in [3.05, 3.63) is 93.0 Å². The van der Waals surface area contributed by atoms with Gasteiger partial charge >= 0.3 is 6.03 Å². The van der Waals surface area contributed by atoms with E-state index in [2.05, 4.69) is 37.0 Å². The van der Waals surface area contributed by atoms with Crippen molar-refractivity contribution in [1.29, 1.82) is 0 Å². The molecule has 1 aliphatic heterocycles. The monoisotopic (exact) mass is 661 g/mol. The van der Waals surface area contributed by atoms with Crippen LogP contribution < -0.4 is 21.5 Å².